The van der Waals surface area contributed by atoms with Crippen molar-refractivity contribution in [3.63, 3.8) is 0 Å². The number of halogens is 5. The highest BCUT2D eigenvalue weighted by atomic mass is 19.4. The predicted molar refractivity (Wildman–Crippen MR) is 54.7 cm³/mol. The van der Waals surface area contributed by atoms with Gasteiger partial charge in [-0.15, -0.1) is 0 Å². The molecule has 0 unspecified atom stereocenters. The van der Waals surface area contributed by atoms with Gasteiger partial charge in [0, 0.05) is 5.56 Å². The van der Waals surface area contributed by atoms with Crippen LogP contribution in [0.1, 0.15) is 22.8 Å². The third-order valence-electron chi connectivity index (χ3n) is 2.20. The maximum absolute atomic E-state index is 12.8. The fourth-order valence-corrected chi connectivity index (χ4v) is 1.52. The summed E-state index contributed by atoms with van der Waals surface area (Å²) in [5.74, 6) is -2.36. The number of hydrogen-bond acceptors (Lipinski definition) is 4. The minimum absolute atomic E-state index is 0.524. The number of hydrogen-bond donors (Lipinski definition) is 0. The molecule has 0 aromatic heterocycles. The van der Waals surface area contributed by atoms with E-state index in [2.05, 4.69) is 4.74 Å². The zero-order valence-electron chi connectivity index (χ0n) is 9.70. The van der Waals surface area contributed by atoms with Crippen LogP contribution in [0.4, 0.5) is 27.6 Å². The Morgan fingerprint density at radius 2 is 1.90 bits per heavy atom. The maximum Gasteiger partial charge on any atom is 0.423 e. The number of Topliss-reactive ketones (excluding diaryl/α,β-unsaturated/α-hetero) is 1. The van der Waals surface area contributed by atoms with Gasteiger partial charge >= 0.3 is 18.5 Å². The monoisotopic (exact) mass is 299 g/mol. The summed E-state index contributed by atoms with van der Waals surface area (Å²) >= 11 is 0. The first kappa shape index (κ1) is 15.8. The lowest BCUT2D eigenvalue weighted by Gasteiger charge is -2.14. The maximum atomic E-state index is 12.8. The number of nitrogens with zero attached hydrogens (tertiary/aromatic N) is 1. The van der Waals surface area contributed by atoms with Gasteiger partial charge in [0.05, 0.1) is 4.92 Å². The van der Waals surface area contributed by atoms with Crippen LogP contribution in [0.15, 0.2) is 12.1 Å². The molecule has 20 heavy (non-hydrogen) atoms. The van der Waals surface area contributed by atoms with Crippen molar-refractivity contribution >= 4 is 11.5 Å². The highest BCUT2D eigenvalue weighted by molar-refractivity contribution is 5.97. The summed E-state index contributed by atoms with van der Waals surface area (Å²) in [6, 6.07) is 1.08. The fraction of sp³-hybridized carbons (Fsp3) is 0.300. The molecule has 1 aromatic carbocycles. The Balaban J connectivity index is 3.71. The molecule has 1 rings (SSSR count). The molecular formula is C10H6F5NO4. The third-order valence-corrected chi connectivity index (χ3v) is 2.20. The second-order valence-corrected chi connectivity index (χ2v) is 3.52. The second-order valence-electron chi connectivity index (χ2n) is 3.52. The Morgan fingerprint density at radius 1 is 1.35 bits per heavy atom. The molecule has 0 bridgehead atoms. The van der Waals surface area contributed by atoms with Gasteiger partial charge in [0.15, 0.2) is 5.78 Å². The summed E-state index contributed by atoms with van der Waals surface area (Å²) in [6.07, 6.45) is -5.27. The molecule has 0 radical (unpaired) electrons. The van der Waals surface area contributed by atoms with Crippen molar-refractivity contribution in [2.75, 3.05) is 0 Å². The molecule has 0 heterocycles. The molecule has 5 nitrogen and oxygen atoms in total. The van der Waals surface area contributed by atoms with E-state index in [0.717, 1.165) is 6.92 Å². The molecule has 0 saturated heterocycles. The van der Waals surface area contributed by atoms with Crippen LogP contribution in [-0.4, -0.2) is 17.3 Å². The number of carbonyl (C=O) groups excluding carboxylic acids is 1. The molecule has 0 spiro atoms. The van der Waals surface area contributed by atoms with Crippen molar-refractivity contribution < 1.29 is 36.4 Å². The van der Waals surface area contributed by atoms with Crippen molar-refractivity contribution in [1.29, 1.82) is 0 Å². The van der Waals surface area contributed by atoms with Gasteiger partial charge in [-0.25, -0.2) is 0 Å². The second kappa shape index (κ2) is 5.39. The van der Waals surface area contributed by atoms with Gasteiger partial charge in [-0.1, -0.05) is 0 Å². The van der Waals surface area contributed by atoms with Crippen LogP contribution < -0.4 is 4.74 Å². The Hall–Kier alpha value is -2.26. The van der Waals surface area contributed by atoms with E-state index < -0.39 is 46.1 Å². The predicted octanol–water partition coefficient (Wildman–Crippen LogP) is 3.42. The van der Waals surface area contributed by atoms with Gasteiger partial charge in [0.2, 0.25) is 5.75 Å². The van der Waals surface area contributed by atoms with E-state index in [1.165, 1.54) is 0 Å². The minimum Gasteiger partial charge on any atom is -0.427 e. The molecular weight excluding hydrogens is 293 g/mol. The molecule has 0 aliphatic rings. The zero-order valence-corrected chi connectivity index (χ0v) is 9.70. The van der Waals surface area contributed by atoms with Crippen molar-refractivity contribution in [2.45, 2.75) is 19.7 Å². The van der Waals surface area contributed by atoms with Crippen LogP contribution in [0.2, 0.25) is 0 Å². The van der Waals surface area contributed by atoms with E-state index in [4.69, 9.17) is 0 Å². The smallest absolute Gasteiger partial charge is 0.423 e. The van der Waals surface area contributed by atoms with Crippen molar-refractivity contribution in [3.05, 3.63) is 33.4 Å². The van der Waals surface area contributed by atoms with Gasteiger partial charge in [-0.05, 0) is 19.1 Å². The van der Waals surface area contributed by atoms with Crippen molar-refractivity contribution in [3.8, 4) is 5.75 Å². The summed E-state index contributed by atoms with van der Waals surface area (Å²) in [5.41, 5.74) is -4.62. The quantitative estimate of drug-likeness (QED) is 0.370. The fourth-order valence-electron chi connectivity index (χ4n) is 1.52. The lowest BCUT2D eigenvalue weighted by atomic mass is 10.0. The highest BCUT2D eigenvalue weighted by Crippen LogP contribution is 2.44. The number of nitro benzene ring substituents is 1. The lowest BCUT2D eigenvalue weighted by Crippen LogP contribution is -2.16. The Morgan fingerprint density at radius 3 is 2.25 bits per heavy atom. The van der Waals surface area contributed by atoms with E-state index in [0.29, 0.717) is 12.1 Å². The molecule has 1 aromatic rings. The first-order valence-electron chi connectivity index (χ1n) is 4.90. The number of carbonyl (C=O) groups is 1. The summed E-state index contributed by atoms with van der Waals surface area (Å²) in [4.78, 5) is 20.3. The van der Waals surface area contributed by atoms with Gasteiger partial charge in [-0.2, -0.15) is 22.0 Å². The van der Waals surface area contributed by atoms with Crippen molar-refractivity contribution in [2.24, 2.45) is 0 Å². The molecule has 0 aliphatic carbocycles. The van der Waals surface area contributed by atoms with Crippen LogP contribution in [-0.2, 0) is 6.18 Å². The van der Waals surface area contributed by atoms with E-state index in [-0.39, 0.29) is 0 Å². The standard InChI is InChI=1S/C10H6F5NO4/c1-4(17)5-2-3-6(20-9(11)12)8(16(18)19)7(5)10(13,14)15/h2-3,9H,1H3. The van der Waals surface area contributed by atoms with Crippen LogP contribution in [0.3, 0.4) is 0 Å². The summed E-state index contributed by atoms with van der Waals surface area (Å²) in [6.45, 7) is -2.78. The molecule has 0 fully saturated rings. The van der Waals surface area contributed by atoms with Gasteiger partial charge < -0.3 is 4.74 Å². The molecule has 10 heteroatoms. The average Bonchev–Trinajstić information content (AvgIpc) is 2.25. The zero-order chi connectivity index (χ0) is 15.7. The first-order valence-corrected chi connectivity index (χ1v) is 4.90. The Kier molecular flexibility index (Phi) is 4.26. The Labute approximate surface area is 108 Å². The van der Waals surface area contributed by atoms with E-state index in [9.17, 15) is 36.9 Å². The normalized spacial score (nSPS) is 11.6. The number of benzene rings is 1. The number of rotatable bonds is 4. The summed E-state index contributed by atoms with van der Waals surface area (Å²) < 4.78 is 66.3. The van der Waals surface area contributed by atoms with Gasteiger partial charge in [0.25, 0.3) is 0 Å². The SMILES string of the molecule is CC(=O)c1ccc(OC(F)F)c([N+](=O)[O-])c1C(F)(F)F. The van der Waals surface area contributed by atoms with Crippen LogP contribution >= 0.6 is 0 Å². The lowest BCUT2D eigenvalue weighted by molar-refractivity contribution is -0.389. The molecule has 0 N–H and O–H groups in total. The van der Waals surface area contributed by atoms with Crippen LogP contribution in [0.25, 0.3) is 0 Å². The molecule has 0 aliphatic heterocycles. The molecule has 110 valence electrons. The summed E-state index contributed by atoms with van der Waals surface area (Å²) in [7, 11) is 0. The number of alkyl halides is 5. The van der Waals surface area contributed by atoms with E-state index in [1.807, 2.05) is 0 Å². The average molecular weight is 299 g/mol. The van der Waals surface area contributed by atoms with Crippen molar-refractivity contribution in [1.82, 2.24) is 0 Å². The molecule has 0 amide bonds. The minimum atomic E-state index is -5.27. The number of ketones is 1. The van der Waals surface area contributed by atoms with Crippen LogP contribution in [0.5, 0.6) is 5.75 Å². The highest BCUT2D eigenvalue weighted by Gasteiger charge is 2.44. The first-order chi connectivity index (χ1) is 9.05. The van der Waals surface area contributed by atoms with Crippen LogP contribution in [0, 0.1) is 10.1 Å². The topological polar surface area (TPSA) is 69.4 Å². The van der Waals surface area contributed by atoms with Gasteiger partial charge in [-0.3, -0.25) is 14.9 Å². The number of ether oxygens (including phenoxy) is 1. The largest absolute Gasteiger partial charge is 0.427 e. The van der Waals surface area contributed by atoms with Gasteiger partial charge in [0.1, 0.15) is 5.56 Å². The third kappa shape index (κ3) is 3.19. The Bertz CT molecular complexity index is 555. The van der Waals surface area contributed by atoms with E-state index >= 15 is 0 Å². The molecule has 0 saturated carbocycles. The molecule has 0 atom stereocenters. The summed E-state index contributed by atoms with van der Waals surface area (Å²) in [5, 5.41) is 10.7. The van der Waals surface area contributed by atoms with E-state index in [1.54, 1.807) is 0 Å². The number of nitro groups is 1.